The maximum Gasteiger partial charge on any atom is 0.374 e. The van der Waals surface area contributed by atoms with E-state index < -0.39 is 5.97 Å². The van der Waals surface area contributed by atoms with Crippen LogP contribution in [0.15, 0.2) is 10.6 Å². The largest absolute Gasteiger partial charge is 0.475 e. The van der Waals surface area contributed by atoms with Crippen LogP contribution in [0.1, 0.15) is 61.7 Å². The van der Waals surface area contributed by atoms with E-state index in [9.17, 15) is 4.79 Å². The van der Waals surface area contributed by atoms with Crippen LogP contribution in [0.4, 0.5) is 0 Å². The van der Waals surface area contributed by atoms with Crippen LogP contribution >= 0.6 is 0 Å². The highest BCUT2D eigenvalue weighted by Crippen LogP contribution is 2.42. The van der Waals surface area contributed by atoms with Crippen LogP contribution in [0, 0.1) is 5.41 Å². The molecule has 1 aromatic rings. The van der Waals surface area contributed by atoms with Gasteiger partial charge in [0.05, 0.1) is 5.69 Å². The molecule has 4 nitrogen and oxygen atoms in total. The zero-order chi connectivity index (χ0) is 11.8. The Morgan fingerprint density at radius 2 is 2.38 bits per heavy atom. The number of aromatic nitrogens is 1. The molecule has 1 aliphatic carbocycles. The average Bonchev–Trinajstić information content (AvgIpc) is 2.64. The van der Waals surface area contributed by atoms with Crippen LogP contribution in [0.3, 0.4) is 0 Å². The molecule has 0 saturated heterocycles. The first-order valence-corrected chi connectivity index (χ1v) is 5.68. The normalized spacial score (nSPS) is 24.2. The van der Waals surface area contributed by atoms with Crippen molar-refractivity contribution in [2.75, 3.05) is 0 Å². The predicted molar refractivity (Wildman–Crippen MR) is 58.5 cm³/mol. The molecule has 1 atom stereocenters. The summed E-state index contributed by atoms with van der Waals surface area (Å²) < 4.78 is 4.80. The molecule has 0 aliphatic heterocycles. The zero-order valence-electron chi connectivity index (χ0n) is 9.69. The molecule has 1 N–H and O–H groups in total. The Kier molecular flexibility index (Phi) is 2.74. The summed E-state index contributed by atoms with van der Waals surface area (Å²) >= 11 is 0. The number of rotatable bonds is 2. The second kappa shape index (κ2) is 3.92. The monoisotopic (exact) mass is 223 g/mol. The summed E-state index contributed by atoms with van der Waals surface area (Å²) in [6.07, 6.45) is 4.54. The molecule has 4 heteroatoms. The van der Waals surface area contributed by atoms with Crippen LogP contribution < -0.4 is 0 Å². The van der Waals surface area contributed by atoms with Gasteiger partial charge < -0.3 is 9.63 Å². The number of carbonyl (C=O) groups is 1. The van der Waals surface area contributed by atoms with Gasteiger partial charge in [0.2, 0.25) is 5.76 Å². The highest BCUT2D eigenvalue weighted by atomic mass is 16.5. The third-order valence-electron chi connectivity index (χ3n) is 3.36. The second-order valence-electron chi connectivity index (χ2n) is 5.38. The lowest BCUT2D eigenvalue weighted by Crippen LogP contribution is -2.21. The lowest BCUT2D eigenvalue weighted by atomic mass is 9.71. The Hall–Kier alpha value is -1.32. The maximum atomic E-state index is 10.7. The summed E-state index contributed by atoms with van der Waals surface area (Å²) in [5, 5.41) is 12.6. The van der Waals surface area contributed by atoms with Crippen molar-refractivity contribution in [3.63, 3.8) is 0 Å². The number of carboxylic acid groups (broad SMARTS) is 1. The van der Waals surface area contributed by atoms with Crippen molar-refractivity contribution in [2.24, 2.45) is 5.41 Å². The van der Waals surface area contributed by atoms with Crippen LogP contribution in [0.25, 0.3) is 0 Å². The van der Waals surface area contributed by atoms with E-state index in [1.165, 1.54) is 12.8 Å². The Morgan fingerprint density at radius 3 is 2.94 bits per heavy atom. The molecule has 0 radical (unpaired) electrons. The van der Waals surface area contributed by atoms with Gasteiger partial charge in [-0.2, -0.15) is 0 Å². The Morgan fingerprint density at radius 1 is 1.62 bits per heavy atom. The number of hydrogen-bond acceptors (Lipinski definition) is 3. The summed E-state index contributed by atoms with van der Waals surface area (Å²) in [4.78, 5) is 10.7. The van der Waals surface area contributed by atoms with Gasteiger partial charge in [0.1, 0.15) is 0 Å². The number of aromatic carboxylic acids is 1. The van der Waals surface area contributed by atoms with Gasteiger partial charge in [0, 0.05) is 12.0 Å². The van der Waals surface area contributed by atoms with E-state index in [-0.39, 0.29) is 5.76 Å². The molecular weight excluding hydrogens is 206 g/mol. The summed E-state index contributed by atoms with van der Waals surface area (Å²) in [7, 11) is 0. The third-order valence-corrected chi connectivity index (χ3v) is 3.36. The van der Waals surface area contributed by atoms with Gasteiger partial charge in [-0.3, -0.25) is 0 Å². The standard InChI is InChI=1S/C12H17NO3/c1-12(2)5-3-4-8(7-12)9-6-10(11(14)15)16-13-9/h6,8H,3-5,7H2,1-2H3,(H,14,15). The third kappa shape index (κ3) is 2.26. The first-order valence-electron chi connectivity index (χ1n) is 5.68. The van der Waals surface area contributed by atoms with Crippen LogP contribution in [-0.2, 0) is 0 Å². The smallest absolute Gasteiger partial charge is 0.374 e. The van der Waals surface area contributed by atoms with Crippen molar-refractivity contribution in [3.05, 3.63) is 17.5 Å². The second-order valence-corrected chi connectivity index (χ2v) is 5.38. The highest BCUT2D eigenvalue weighted by molar-refractivity contribution is 5.84. The molecule has 16 heavy (non-hydrogen) atoms. The van der Waals surface area contributed by atoms with E-state index in [2.05, 4.69) is 19.0 Å². The summed E-state index contributed by atoms with van der Waals surface area (Å²) in [5.74, 6) is -0.757. The molecule has 0 bridgehead atoms. The molecule has 0 aromatic carbocycles. The van der Waals surface area contributed by atoms with E-state index in [0.717, 1.165) is 18.5 Å². The Bertz CT molecular complexity index is 395. The van der Waals surface area contributed by atoms with E-state index in [4.69, 9.17) is 9.63 Å². The minimum atomic E-state index is -1.05. The van der Waals surface area contributed by atoms with Crippen molar-refractivity contribution in [1.29, 1.82) is 0 Å². The minimum Gasteiger partial charge on any atom is -0.475 e. The van der Waals surface area contributed by atoms with Gasteiger partial charge in [0.15, 0.2) is 0 Å². The Labute approximate surface area is 94.6 Å². The molecular formula is C12H17NO3. The van der Waals surface area contributed by atoms with Gasteiger partial charge in [-0.25, -0.2) is 4.79 Å². The van der Waals surface area contributed by atoms with Crippen molar-refractivity contribution in [3.8, 4) is 0 Å². The first-order chi connectivity index (χ1) is 7.48. The van der Waals surface area contributed by atoms with Crippen molar-refractivity contribution < 1.29 is 14.4 Å². The lowest BCUT2D eigenvalue weighted by Gasteiger charge is -2.34. The van der Waals surface area contributed by atoms with Gasteiger partial charge in [-0.15, -0.1) is 0 Å². The molecule has 1 saturated carbocycles. The molecule has 1 aromatic heterocycles. The molecule has 0 amide bonds. The average molecular weight is 223 g/mol. The Balaban J connectivity index is 2.14. The molecule has 1 fully saturated rings. The minimum absolute atomic E-state index is 0.0571. The molecule has 1 aliphatic rings. The SMILES string of the molecule is CC1(C)CCCC(c2cc(C(=O)O)on2)C1. The highest BCUT2D eigenvalue weighted by Gasteiger charge is 2.30. The fraction of sp³-hybridized carbons (Fsp3) is 0.667. The van der Waals surface area contributed by atoms with Crippen molar-refractivity contribution >= 4 is 5.97 Å². The quantitative estimate of drug-likeness (QED) is 0.836. The van der Waals surface area contributed by atoms with E-state index >= 15 is 0 Å². The van der Waals surface area contributed by atoms with Crippen molar-refractivity contribution in [2.45, 2.75) is 45.4 Å². The molecule has 2 rings (SSSR count). The number of hydrogen-bond donors (Lipinski definition) is 1. The molecule has 0 spiro atoms. The molecule has 1 unspecified atom stereocenters. The maximum absolute atomic E-state index is 10.7. The summed E-state index contributed by atoms with van der Waals surface area (Å²) in [6.45, 7) is 4.49. The topological polar surface area (TPSA) is 63.3 Å². The zero-order valence-corrected chi connectivity index (χ0v) is 9.69. The fourth-order valence-electron chi connectivity index (χ4n) is 2.53. The molecule has 88 valence electrons. The molecule has 1 heterocycles. The van der Waals surface area contributed by atoms with Gasteiger partial charge in [-0.05, 0) is 24.7 Å². The summed E-state index contributed by atoms with van der Waals surface area (Å²) in [5.41, 5.74) is 1.12. The van der Waals surface area contributed by atoms with Gasteiger partial charge >= 0.3 is 5.97 Å². The van der Waals surface area contributed by atoms with Crippen molar-refractivity contribution in [1.82, 2.24) is 5.16 Å². The van der Waals surface area contributed by atoms with E-state index in [0.29, 0.717) is 11.3 Å². The van der Waals surface area contributed by atoms with E-state index in [1.807, 2.05) is 0 Å². The van der Waals surface area contributed by atoms with Crippen LogP contribution in [0.5, 0.6) is 0 Å². The number of nitrogens with zero attached hydrogens (tertiary/aromatic N) is 1. The van der Waals surface area contributed by atoms with Gasteiger partial charge in [0.25, 0.3) is 0 Å². The lowest BCUT2D eigenvalue weighted by molar-refractivity contribution is 0.0651. The van der Waals surface area contributed by atoms with Crippen LogP contribution in [0.2, 0.25) is 0 Å². The van der Waals surface area contributed by atoms with Gasteiger partial charge in [-0.1, -0.05) is 25.4 Å². The van der Waals surface area contributed by atoms with E-state index in [1.54, 1.807) is 6.07 Å². The van der Waals surface area contributed by atoms with Crippen LogP contribution in [-0.4, -0.2) is 16.2 Å². The predicted octanol–water partition coefficient (Wildman–Crippen LogP) is 3.06. The fourth-order valence-corrected chi connectivity index (χ4v) is 2.53. The summed E-state index contributed by atoms with van der Waals surface area (Å²) in [6, 6.07) is 1.56. The number of carboxylic acids is 1. The first kappa shape index (κ1) is 11.2.